The number of aliphatic imine (C=N–C) groups is 2. The molecule has 0 saturated carbocycles. The van der Waals surface area contributed by atoms with Gasteiger partial charge in [-0.3, -0.25) is 0 Å². The molecule has 4 nitrogen and oxygen atoms in total. The van der Waals surface area contributed by atoms with Gasteiger partial charge < -0.3 is 0 Å². The summed E-state index contributed by atoms with van der Waals surface area (Å²) in [5, 5.41) is 0. The fourth-order valence-corrected chi connectivity index (χ4v) is 2.25. The van der Waals surface area contributed by atoms with Crippen molar-refractivity contribution in [3.63, 3.8) is 0 Å². The van der Waals surface area contributed by atoms with Gasteiger partial charge in [0.25, 0.3) is 0 Å². The number of nitrogens with zero attached hydrogens (tertiary/aromatic N) is 2. The van der Waals surface area contributed by atoms with Gasteiger partial charge in [0.15, 0.2) is 0 Å². The summed E-state index contributed by atoms with van der Waals surface area (Å²) >= 11 is 0. The van der Waals surface area contributed by atoms with Gasteiger partial charge in [0.2, 0.25) is 12.2 Å². The van der Waals surface area contributed by atoms with E-state index >= 15 is 0 Å². The summed E-state index contributed by atoms with van der Waals surface area (Å²) < 4.78 is 0. The molecule has 0 heterocycles. The standard InChI is InChI=1S/C14H6N2O2/c17-7-15-12-6-5-11-9-3-1-2-4-10(9)13(11)14(12)16-8-18/h1-6H. The molecule has 0 aliphatic heterocycles. The van der Waals surface area contributed by atoms with Crippen LogP contribution in [-0.2, 0) is 9.59 Å². The molecule has 2 aromatic rings. The summed E-state index contributed by atoms with van der Waals surface area (Å²) in [6.07, 6.45) is 2.96. The van der Waals surface area contributed by atoms with Gasteiger partial charge in [0.05, 0.1) is 0 Å². The summed E-state index contributed by atoms with van der Waals surface area (Å²) in [6.45, 7) is 0. The molecule has 0 atom stereocenters. The van der Waals surface area contributed by atoms with Crippen LogP contribution in [-0.4, -0.2) is 12.2 Å². The van der Waals surface area contributed by atoms with Crippen LogP contribution in [0.1, 0.15) is 0 Å². The SMILES string of the molecule is O=C=Nc1ccc2c(c1N=C=O)-c1ccccc1-2. The van der Waals surface area contributed by atoms with Crippen LogP contribution in [0.5, 0.6) is 0 Å². The van der Waals surface area contributed by atoms with Crippen molar-refractivity contribution in [3.8, 4) is 22.3 Å². The Hall–Kier alpha value is -2.80. The van der Waals surface area contributed by atoms with E-state index < -0.39 is 0 Å². The predicted octanol–water partition coefficient (Wildman–Crippen LogP) is 3.27. The van der Waals surface area contributed by atoms with Gasteiger partial charge >= 0.3 is 0 Å². The number of hydrogen-bond donors (Lipinski definition) is 0. The second-order valence-corrected chi connectivity index (χ2v) is 3.81. The molecule has 0 unspecified atom stereocenters. The molecule has 0 N–H and O–H groups in total. The van der Waals surface area contributed by atoms with Crippen LogP contribution in [0.25, 0.3) is 22.3 Å². The molecule has 1 aliphatic carbocycles. The third-order valence-corrected chi connectivity index (χ3v) is 2.97. The average molecular weight is 234 g/mol. The number of benzene rings is 2. The Morgan fingerprint density at radius 3 is 2.22 bits per heavy atom. The summed E-state index contributed by atoms with van der Waals surface area (Å²) in [5.41, 5.74) is 4.67. The topological polar surface area (TPSA) is 58.9 Å². The zero-order valence-corrected chi connectivity index (χ0v) is 9.18. The zero-order chi connectivity index (χ0) is 12.5. The van der Waals surface area contributed by atoms with Crippen molar-refractivity contribution < 1.29 is 9.59 Å². The fraction of sp³-hybridized carbons (Fsp3) is 0. The summed E-state index contributed by atoms with van der Waals surface area (Å²) in [7, 11) is 0. The molecule has 0 aromatic heterocycles. The minimum Gasteiger partial charge on any atom is -0.211 e. The first-order valence-electron chi connectivity index (χ1n) is 5.29. The van der Waals surface area contributed by atoms with Crippen LogP contribution in [0, 0.1) is 0 Å². The van der Waals surface area contributed by atoms with E-state index in [0.717, 1.165) is 22.3 Å². The Labute approximate surface area is 102 Å². The first-order chi connectivity index (χ1) is 8.86. The number of isocyanates is 2. The summed E-state index contributed by atoms with van der Waals surface area (Å²) in [6, 6.07) is 11.3. The molecule has 84 valence electrons. The normalized spacial score (nSPS) is 10.2. The highest BCUT2D eigenvalue weighted by molar-refractivity contribution is 6.09. The first-order valence-corrected chi connectivity index (χ1v) is 5.29. The van der Waals surface area contributed by atoms with E-state index in [1.807, 2.05) is 30.3 Å². The highest BCUT2D eigenvalue weighted by Crippen LogP contribution is 2.54. The maximum Gasteiger partial charge on any atom is 0.240 e. The van der Waals surface area contributed by atoms with E-state index in [9.17, 15) is 9.59 Å². The van der Waals surface area contributed by atoms with Gasteiger partial charge in [-0.25, -0.2) is 9.59 Å². The second-order valence-electron chi connectivity index (χ2n) is 3.81. The van der Waals surface area contributed by atoms with Crippen LogP contribution >= 0.6 is 0 Å². The highest BCUT2D eigenvalue weighted by Gasteiger charge is 2.26. The van der Waals surface area contributed by atoms with E-state index in [-0.39, 0.29) is 0 Å². The Bertz CT molecular complexity index is 752. The number of fused-ring (bicyclic) bond motifs is 4. The Morgan fingerprint density at radius 2 is 1.50 bits per heavy atom. The molecule has 0 amide bonds. The van der Waals surface area contributed by atoms with E-state index in [1.165, 1.54) is 12.2 Å². The Kier molecular flexibility index (Phi) is 2.24. The smallest absolute Gasteiger partial charge is 0.211 e. The minimum absolute atomic E-state index is 0.335. The molecule has 0 radical (unpaired) electrons. The minimum atomic E-state index is 0.335. The van der Waals surface area contributed by atoms with Crippen molar-refractivity contribution in [1.82, 2.24) is 0 Å². The van der Waals surface area contributed by atoms with Crippen molar-refractivity contribution in [2.45, 2.75) is 0 Å². The van der Waals surface area contributed by atoms with Crippen LogP contribution < -0.4 is 0 Å². The number of carbonyl (C=O) groups excluding carboxylic acids is 2. The fourth-order valence-electron chi connectivity index (χ4n) is 2.25. The molecule has 3 rings (SSSR count). The predicted molar refractivity (Wildman–Crippen MR) is 66.4 cm³/mol. The van der Waals surface area contributed by atoms with Crippen molar-refractivity contribution in [2.75, 3.05) is 0 Å². The van der Waals surface area contributed by atoms with E-state index in [2.05, 4.69) is 9.98 Å². The van der Waals surface area contributed by atoms with Crippen LogP contribution in [0.3, 0.4) is 0 Å². The summed E-state index contributed by atoms with van der Waals surface area (Å²) in [4.78, 5) is 28.1. The zero-order valence-electron chi connectivity index (χ0n) is 9.18. The Morgan fingerprint density at radius 1 is 0.778 bits per heavy atom. The van der Waals surface area contributed by atoms with E-state index in [1.54, 1.807) is 6.07 Å². The molecule has 0 spiro atoms. The van der Waals surface area contributed by atoms with Gasteiger partial charge in [-0.15, -0.1) is 0 Å². The van der Waals surface area contributed by atoms with Gasteiger partial charge in [-0.2, -0.15) is 9.98 Å². The maximum absolute atomic E-state index is 10.5. The quantitative estimate of drug-likeness (QED) is 0.504. The molecule has 0 saturated heterocycles. The van der Waals surface area contributed by atoms with Gasteiger partial charge in [0, 0.05) is 5.56 Å². The second kappa shape index (κ2) is 3.90. The molecule has 2 aromatic carbocycles. The monoisotopic (exact) mass is 234 g/mol. The largest absolute Gasteiger partial charge is 0.240 e. The highest BCUT2D eigenvalue weighted by atomic mass is 16.1. The number of hydrogen-bond acceptors (Lipinski definition) is 4. The first kappa shape index (κ1) is 10.4. The lowest BCUT2D eigenvalue weighted by Crippen LogP contribution is -1.98. The van der Waals surface area contributed by atoms with Crippen LogP contribution in [0.4, 0.5) is 11.4 Å². The average Bonchev–Trinajstić information content (AvgIpc) is 2.38. The van der Waals surface area contributed by atoms with Crippen molar-refractivity contribution in [1.29, 1.82) is 0 Å². The molecule has 1 aliphatic rings. The van der Waals surface area contributed by atoms with Crippen molar-refractivity contribution >= 4 is 23.5 Å². The third kappa shape index (κ3) is 1.28. The van der Waals surface area contributed by atoms with Crippen molar-refractivity contribution in [3.05, 3.63) is 36.4 Å². The van der Waals surface area contributed by atoms with Crippen LogP contribution in [0.2, 0.25) is 0 Å². The van der Waals surface area contributed by atoms with Gasteiger partial charge in [-0.1, -0.05) is 30.3 Å². The Balaban J connectivity index is 2.32. The summed E-state index contributed by atoms with van der Waals surface area (Å²) in [5.74, 6) is 0. The molecule has 0 fully saturated rings. The molecular formula is C14H6N2O2. The maximum atomic E-state index is 10.5. The lowest BCUT2D eigenvalue weighted by Gasteiger charge is -2.25. The number of rotatable bonds is 2. The van der Waals surface area contributed by atoms with Crippen molar-refractivity contribution in [2.24, 2.45) is 9.98 Å². The van der Waals surface area contributed by atoms with Gasteiger partial charge in [0.1, 0.15) is 11.4 Å². The molecular weight excluding hydrogens is 228 g/mol. The lowest BCUT2D eigenvalue weighted by atomic mass is 9.79. The molecule has 4 heteroatoms. The third-order valence-electron chi connectivity index (χ3n) is 2.97. The molecule has 18 heavy (non-hydrogen) atoms. The van der Waals surface area contributed by atoms with E-state index in [0.29, 0.717) is 11.4 Å². The van der Waals surface area contributed by atoms with E-state index in [4.69, 9.17) is 0 Å². The lowest BCUT2D eigenvalue weighted by molar-refractivity contribution is 0.564. The molecule has 0 bridgehead atoms. The van der Waals surface area contributed by atoms with Crippen LogP contribution in [0.15, 0.2) is 46.4 Å². The van der Waals surface area contributed by atoms with Gasteiger partial charge in [-0.05, 0) is 22.8 Å².